The number of ether oxygens (including phenoxy) is 2. The molecule has 4 rings (SSSR count). The van der Waals surface area contributed by atoms with Gasteiger partial charge in [-0.05, 0) is 57.1 Å². The van der Waals surface area contributed by atoms with Crippen LogP contribution in [0.5, 0.6) is 0 Å². The first-order chi connectivity index (χ1) is 13.1. The van der Waals surface area contributed by atoms with Gasteiger partial charge in [0.25, 0.3) is 5.91 Å². The van der Waals surface area contributed by atoms with E-state index >= 15 is 0 Å². The number of likely N-dealkylation sites (tertiary alicyclic amines) is 1. The third-order valence-corrected chi connectivity index (χ3v) is 6.06. The highest BCUT2D eigenvalue weighted by Crippen LogP contribution is 2.35. The molecular formula is C22H30N2O3. The van der Waals surface area contributed by atoms with E-state index in [2.05, 4.69) is 36.2 Å². The lowest BCUT2D eigenvalue weighted by Crippen LogP contribution is -2.44. The molecule has 2 aliphatic rings. The summed E-state index contributed by atoms with van der Waals surface area (Å²) in [5.41, 5.74) is 3.90. The minimum Gasteiger partial charge on any atom is -0.376 e. The first-order valence-corrected chi connectivity index (χ1v) is 10.2. The van der Waals surface area contributed by atoms with E-state index in [0.717, 1.165) is 45.4 Å². The van der Waals surface area contributed by atoms with Crippen LogP contribution in [0.3, 0.4) is 0 Å². The molecule has 0 unspecified atom stereocenters. The number of nitrogens with zero attached hydrogens (tertiary/aromatic N) is 1. The van der Waals surface area contributed by atoms with E-state index in [9.17, 15) is 4.79 Å². The summed E-state index contributed by atoms with van der Waals surface area (Å²) in [5.74, 6) is 0.621. The molecule has 1 aromatic heterocycles. The van der Waals surface area contributed by atoms with E-state index in [-0.39, 0.29) is 18.1 Å². The van der Waals surface area contributed by atoms with Crippen LogP contribution in [0, 0.1) is 6.92 Å². The van der Waals surface area contributed by atoms with E-state index < -0.39 is 0 Å². The van der Waals surface area contributed by atoms with Gasteiger partial charge in [0.15, 0.2) is 0 Å². The Bertz CT molecular complexity index is 786. The zero-order chi connectivity index (χ0) is 18.8. The highest BCUT2D eigenvalue weighted by atomic mass is 16.5. The summed E-state index contributed by atoms with van der Waals surface area (Å²) in [6.07, 6.45) is 3.92. The molecule has 2 fully saturated rings. The maximum atomic E-state index is 12.7. The van der Waals surface area contributed by atoms with Crippen LogP contribution < -0.4 is 0 Å². The van der Waals surface area contributed by atoms with E-state index in [4.69, 9.17) is 9.47 Å². The number of aryl methyl sites for hydroxylation is 1. The van der Waals surface area contributed by atoms with Gasteiger partial charge in [-0.15, -0.1) is 0 Å². The zero-order valence-electron chi connectivity index (χ0n) is 16.4. The van der Waals surface area contributed by atoms with Crippen LogP contribution in [-0.4, -0.2) is 54.3 Å². The predicted octanol–water partition coefficient (Wildman–Crippen LogP) is 3.77. The van der Waals surface area contributed by atoms with E-state index in [1.807, 2.05) is 11.8 Å². The normalized spacial score (nSPS) is 22.4. The smallest absolute Gasteiger partial charge is 0.251 e. The number of hydrogen-bond donors (Lipinski definition) is 1. The number of nitrogens with one attached hydrogen (secondary N) is 1. The third-order valence-electron chi connectivity index (χ3n) is 6.06. The second-order valence-electron chi connectivity index (χ2n) is 7.92. The fraction of sp³-hybridized carbons (Fsp3) is 0.591. The van der Waals surface area contributed by atoms with Crippen molar-refractivity contribution in [2.24, 2.45) is 0 Å². The maximum Gasteiger partial charge on any atom is 0.251 e. The molecule has 2 aliphatic heterocycles. The number of benzene rings is 1. The molecular weight excluding hydrogens is 340 g/mol. The Morgan fingerprint density at radius 3 is 2.81 bits per heavy atom. The third kappa shape index (κ3) is 3.90. The van der Waals surface area contributed by atoms with Gasteiger partial charge < -0.3 is 19.4 Å². The molecule has 3 heterocycles. The van der Waals surface area contributed by atoms with Gasteiger partial charge in [-0.25, -0.2) is 0 Å². The van der Waals surface area contributed by atoms with Gasteiger partial charge in [0, 0.05) is 36.3 Å². The molecule has 0 aliphatic carbocycles. The number of aromatic nitrogens is 1. The predicted molar refractivity (Wildman–Crippen MR) is 106 cm³/mol. The van der Waals surface area contributed by atoms with Gasteiger partial charge in [-0.2, -0.15) is 0 Å². The summed E-state index contributed by atoms with van der Waals surface area (Å²) in [4.78, 5) is 18.2. The molecule has 2 saturated heterocycles. The quantitative estimate of drug-likeness (QED) is 0.872. The van der Waals surface area contributed by atoms with Gasteiger partial charge in [0.1, 0.15) is 6.10 Å². The average molecular weight is 370 g/mol. The van der Waals surface area contributed by atoms with Crippen molar-refractivity contribution in [1.82, 2.24) is 9.88 Å². The largest absolute Gasteiger partial charge is 0.376 e. The van der Waals surface area contributed by atoms with Crippen LogP contribution in [0.2, 0.25) is 0 Å². The summed E-state index contributed by atoms with van der Waals surface area (Å²) in [5, 5.41) is 1.33. The van der Waals surface area contributed by atoms with Gasteiger partial charge in [0.2, 0.25) is 0 Å². The summed E-state index contributed by atoms with van der Waals surface area (Å²) in [6.45, 7) is 6.97. The number of amides is 1. The number of hydrogen-bond acceptors (Lipinski definition) is 3. The summed E-state index contributed by atoms with van der Waals surface area (Å²) < 4.78 is 11.4. The SMILES string of the molecule is Cc1[nH]c2ccccc2c1C1CCN(C(=O)[C@H](C)OC[C@H]2CCCO2)CC1. The van der Waals surface area contributed by atoms with Crippen LogP contribution in [0.25, 0.3) is 10.9 Å². The van der Waals surface area contributed by atoms with Crippen LogP contribution in [0.1, 0.15) is 49.8 Å². The fourth-order valence-electron chi connectivity index (χ4n) is 4.57. The highest BCUT2D eigenvalue weighted by molar-refractivity contribution is 5.85. The number of aromatic amines is 1. The first-order valence-electron chi connectivity index (χ1n) is 10.2. The fourth-order valence-corrected chi connectivity index (χ4v) is 4.57. The van der Waals surface area contributed by atoms with Gasteiger partial charge in [-0.1, -0.05) is 18.2 Å². The molecule has 2 atom stereocenters. The Balaban J connectivity index is 1.34. The molecule has 1 N–H and O–H groups in total. The van der Waals surface area contributed by atoms with Crippen molar-refractivity contribution in [3.8, 4) is 0 Å². The standard InChI is InChI=1S/C22H30N2O3/c1-15-21(19-7-3-4-8-20(19)23-15)17-9-11-24(12-10-17)22(25)16(2)27-14-18-6-5-13-26-18/h3-4,7-8,16-18,23H,5-6,9-14H2,1-2H3/t16-,18+/m0/s1. The molecule has 5 nitrogen and oxygen atoms in total. The highest BCUT2D eigenvalue weighted by Gasteiger charge is 2.29. The van der Waals surface area contributed by atoms with Crippen LogP contribution in [0.15, 0.2) is 24.3 Å². The Labute approximate surface area is 161 Å². The van der Waals surface area contributed by atoms with Crippen molar-refractivity contribution in [1.29, 1.82) is 0 Å². The Morgan fingerprint density at radius 1 is 1.30 bits per heavy atom. The number of carbonyl (C=O) groups excluding carboxylic acids is 1. The molecule has 5 heteroatoms. The number of piperidine rings is 1. The van der Waals surface area contributed by atoms with Crippen molar-refractivity contribution in [2.75, 3.05) is 26.3 Å². The second-order valence-corrected chi connectivity index (χ2v) is 7.92. The second kappa shape index (κ2) is 8.03. The number of fused-ring (bicyclic) bond motifs is 1. The molecule has 1 aromatic carbocycles. The van der Waals surface area contributed by atoms with Gasteiger partial charge in [-0.3, -0.25) is 4.79 Å². The lowest BCUT2D eigenvalue weighted by atomic mass is 9.87. The minimum atomic E-state index is -0.388. The maximum absolute atomic E-state index is 12.7. The van der Waals surface area contributed by atoms with Gasteiger partial charge in [0.05, 0.1) is 12.7 Å². The van der Waals surface area contributed by atoms with Crippen molar-refractivity contribution in [3.63, 3.8) is 0 Å². The van der Waals surface area contributed by atoms with Crippen LogP contribution >= 0.6 is 0 Å². The zero-order valence-corrected chi connectivity index (χ0v) is 16.4. The molecule has 0 bridgehead atoms. The topological polar surface area (TPSA) is 54.6 Å². The lowest BCUT2D eigenvalue weighted by molar-refractivity contribution is -0.145. The monoisotopic (exact) mass is 370 g/mol. The minimum absolute atomic E-state index is 0.113. The van der Waals surface area contributed by atoms with Crippen molar-refractivity contribution in [2.45, 2.75) is 57.7 Å². The van der Waals surface area contributed by atoms with Crippen molar-refractivity contribution < 1.29 is 14.3 Å². The Morgan fingerprint density at radius 2 is 2.07 bits per heavy atom. The number of H-pyrrole nitrogens is 1. The molecule has 0 spiro atoms. The first kappa shape index (κ1) is 18.5. The van der Waals surface area contributed by atoms with Crippen molar-refractivity contribution in [3.05, 3.63) is 35.5 Å². The molecule has 146 valence electrons. The lowest BCUT2D eigenvalue weighted by Gasteiger charge is -2.34. The summed E-state index contributed by atoms with van der Waals surface area (Å²) in [7, 11) is 0. The Kier molecular flexibility index (Phi) is 5.50. The van der Waals surface area contributed by atoms with E-state index in [1.165, 1.54) is 22.2 Å². The van der Waals surface area contributed by atoms with E-state index in [0.29, 0.717) is 12.5 Å². The molecule has 0 radical (unpaired) electrons. The number of rotatable bonds is 5. The average Bonchev–Trinajstić information content (AvgIpc) is 3.32. The molecule has 1 amide bonds. The van der Waals surface area contributed by atoms with Crippen molar-refractivity contribution >= 4 is 16.8 Å². The summed E-state index contributed by atoms with van der Waals surface area (Å²) >= 11 is 0. The van der Waals surface area contributed by atoms with Crippen LogP contribution in [0.4, 0.5) is 0 Å². The summed E-state index contributed by atoms with van der Waals surface area (Å²) in [6, 6.07) is 8.51. The molecule has 0 saturated carbocycles. The van der Waals surface area contributed by atoms with Crippen LogP contribution in [-0.2, 0) is 14.3 Å². The number of carbonyl (C=O) groups is 1. The van der Waals surface area contributed by atoms with E-state index in [1.54, 1.807) is 0 Å². The number of para-hydroxylation sites is 1. The molecule has 2 aromatic rings. The Hall–Kier alpha value is -1.85. The van der Waals surface area contributed by atoms with Gasteiger partial charge >= 0.3 is 0 Å². The molecule has 27 heavy (non-hydrogen) atoms.